The summed E-state index contributed by atoms with van der Waals surface area (Å²) in [6.45, 7) is 4.67. The quantitative estimate of drug-likeness (QED) is 0.341. The fourth-order valence-electron chi connectivity index (χ4n) is 4.22. The molecule has 1 aliphatic heterocycles. The van der Waals surface area contributed by atoms with Gasteiger partial charge >= 0.3 is 5.97 Å². The summed E-state index contributed by atoms with van der Waals surface area (Å²) in [6, 6.07) is 15.2. The van der Waals surface area contributed by atoms with E-state index in [-0.39, 0.29) is 17.6 Å². The summed E-state index contributed by atoms with van der Waals surface area (Å²) in [4.78, 5) is 27.2. The molecule has 0 radical (unpaired) electrons. The van der Waals surface area contributed by atoms with Gasteiger partial charge in [-0.15, -0.1) is 10.2 Å². The van der Waals surface area contributed by atoms with E-state index in [2.05, 4.69) is 10.2 Å². The van der Waals surface area contributed by atoms with Gasteiger partial charge in [-0.25, -0.2) is 4.79 Å². The van der Waals surface area contributed by atoms with Gasteiger partial charge < -0.3 is 14.4 Å². The molecule has 2 aromatic carbocycles. The topological polar surface area (TPSA) is 86.6 Å². The van der Waals surface area contributed by atoms with Crippen LogP contribution in [0.3, 0.4) is 0 Å². The second-order valence-electron chi connectivity index (χ2n) is 8.32. The highest BCUT2D eigenvalue weighted by Gasteiger charge is 2.33. The van der Waals surface area contributed by atoms with Gasteiger partial charge in [-0.3, -0.25) is 9.36 Å². The standard InChI is InChI=1S/C26H30N4O4S/c1-4-34-25(32)21-10-7-8-16-29(21)23(31)17-35-26-28-27-24(20-9-5-6-11-22(20)33-3)30(26)19-14-12-18(2)13-15-19/h5-6,9,11-15,21H,4,7-8,10,16-17H2,1-3H3/t21-/m1/s1. The molecule has 1 saturated heterocycles. The third-order valence-electron chi connectivity index (χ3n) is 5.98. The molecule has 1 amide bonds. The summed E-state index contributed by atoms with van der Waals surface area (Å²) in [5.74, 6) is 1.03. The molecule has 9 heteroatoms. The van der Waals surface area contributed by atoms with Crippen LogP contribution in [0.25, 0.3) is 17.1 Å². The first kappa shape index (κ1) is 24.8. The summed E-state index contributed by atoms with van der Waals surface area (Å²) in [5.41, 5.74) is 2.83. The van der Waals surface area contributed by atoms with Crippen molar-refractivity contribution in [2.45, 2.75) is 44.3 Å². The van der Waals surface area contributed by atoms with E-state index in [1.54, 1.807) is 18.9 Å². The van der Waals surface area contributed by atoms with Crippen LogP contribution in [0, 0.1) is 6.92 Å². The Morgan fingerprint density at radius 1 is 1.09 bits per heavy atom. The van der Waals surface area contributed by atoms with Crippen LogP contribution in [0.5, 0.6) is 5.75 Å². The average molecular weight is 495 g/mol. The van der Waals surface area contributed by atoms with Crippen molar-refractivity contribution in [3.63, 3.8) is 0 Å². The minimum atomic E-state index is -0.518. The maximum atomic E-state index is 13.2. The zero-order chi connectivity index (χ0) is 24.8. The minimum absolute atomic E-state index is 0.106. The number of para-hydroxylation sites is 1. The summed E-state index contributed by atoms with van der Waals surface area (Å²) in [7, 11) is 1.62. The molecule has 0 saturated carbocycles. The number of hydrogen-bond donors (Lipinski definition) is 0. The number of carbonyl (C=O) groups is 2. The Bertz CT molecular complexity index is 1180. The molecule has 1 atom stereocenters. The first-order valence-corrected chi connectivity index (χ1v) is 12.8. The lowest BCUT2D eigenvalue weighted by atomic mass is 10.0. The Balaban J connectivity index is 1.62. The van der Waals surface area contributed by atoms with E-state index < -0.39 is 6.04 Å². The van der Waals surface area contributed by atoms with Crippen LogP contribution in [-0.2, 0) is 14.3 Å². The molecule has 0 N–H and O–H groups in total. The van der Waals surface area contributed by atoms with E-state index in [4.69, 9.17) is 9.47 Å². The number of nitrogens with zero attached hydrogens (tertiary/aromatic N) is 4. The van der Waals surface area contributed by atoms with Crippen molar-refractivity contribution in [2.75, 3.05) is 26.0 Å². The van der Waals surface area contributed by atoms with Crippen molar-refractivity contribution in [2.24, 2.45) is 0 Å². The van der Waals surface area contributed by atoms with Gasteiger partial charge in [0.15, 0.2) is 11.0 Å². The third-order valence-corrected chi connectivity index (χ3v) is 6.89. The molecule has 2 heterocycles. The summed E-state index contributed by atoms with van der Waals surface area (Å²) in [5, 5.41) is 9.48. The molecule has 0 unspecified atom stereocenters. The van der Waals surface area contributed by atoms with Gasteiger partial charge in [-0.05, 0) is 57.4 Å². The number of hydrogen-bond acceptors (Lipinski definition) is 7. The second-order valence-corrected chi connectivity index (χ2v) is 9.26. The smallest absolute Gasteiger partial charge is 0.328 e. The van der Waals surface area contributed by atoms with Gasteiger partial charge in [-0.2, -0.15) is 0 Å². The number of methoxy groups -OCH3 is 1. The number of benzene rings is 2. The monoisotopic (exact) mass is 494 g/mol. The van der Waals surface area contributed by atoms with Gasteiger partial charge in [0.1, 0.15) is 11.8 Å². The van der Waals surface area contributed by atoms with Crippen LogP contribution in [0.15, 0.2) is 53.7 Å². The number of amides is 1. The van der Waals surface area contributed by atoms with Gasteiger partial charge in [0.25, 0.3) is 0 Å². The maximum absolute atomic E-state index is 13.2. The molecule has 4 rings (SSSR count). The summed E-state index contributed by atoms with van der Waals surface area (Å²) in [6.07, 6.45) is 2.42. The third kappa shape index (κ3) is 5.51. The van der Waals surface area contributed by atoms with E-state index in [0.29, 0.717) is 36.3 Å². The Labute approximate surface area is 209 Å². The number of esters is 1. The highest BCUT2D eigenvalue weighted by molar-refractivity contribution is 7.99. The lowest BCUT2D eigenvalue weighted by Gasteiger charge is -2.33. The first-order valence-electron chi connectivity index (χ1n) is 11.8. The average Bonchev–Trinajstić information content (AvgIpc) is 3.31. The largest absolute Gasteiger partial charge is 0.496 e. The van der Waals surface area contributed by atoms with Crippen molar-refractivity contribution >= 4 is 23.6 Å². The fraction of sp³-hybridized carbons (Fsp3) is 0.385. The Hall–Kier alpha value is -3.33. The summed E-state index contributed by atoms with van der Waals surface area (Å²) >= 11 is 1.31. The molecule has 0 aliphatic carbocycles. The van der Waals surface area contributed by atoms with Gasteiger partial charge in [0.05, 0.1) is 25.0 Å². The minimum Gasteiger partial charge on any atom is -0.496 e. The molecule has 3 aromatic rings. The molecule has 0 bridgehead atoms. The van der Waals surface area contributed by atoms with E-state index in [0.717, 1.165) is 29.7 Å². The van der Waals surface area contributed by atoms with Crippen molar-refractivity contribution in [1.82, 2.24) is 19.7 Å². The van der Waals surface area contributed by atoms with Crippen molar-refractivity contribution in [3.05, 3.63) is 54.1 Å². The SMILES string of the molecule is CCOC(=O)[C@H]1CCCCN1C(=O)CSc1nnc(-c2ccccc2OC)n1-c1ccc(C)cc1. The first-order chi connectivity index (χ1) is 17.0. The van der Waals surface area contributed by atoms with Crippen LogP contribution >= 0.6 is 11.8 Å². The zero-order valence-corrected chi connectivity index (χ0v) is 21.1. The number of rotatable bonds is 8. The zero-order valence-electron chi connectivity index (χ0n) is 20.3. The van der Waals surface area contributed by atoms with Crippen LogP contribution in [0.2, 0.25) is 0 Å². The fourth-order valence-corrected chi connectivity index (χ4v) is 5.05. The predicted octanol–water partition coefficient (Wildman–Crippen LogP) is 4.29. The Morgan fingerprint density at radius 2 is 1.86 bits per heavy atom. The van der Waals surface area contributed by atoms with Crippen LogP contribution < -0.4 is 4.74 Å². The maximum Gasteiger partial charge on any atom is 0.328 e. The molecule has 8 nitrogen and oxygen atoms in total. The molecule has 1 aliphatic rings. The van der Waals surface area contributed by atoms with Crippen molar-refractivity contribution in [1.29, 1.82) is 0 Å². The number of thioether (sulfide) groups is 1. The Kier molecular flexibility index (Phi) is 8.07. The van der Waals surface area contributed by atoms with E-state index >= 15 is 0 Å². The van der Waals surface area contributed by atoms with E-state index in [9.17, 15) is 9.59 Å². The number of piperidine rings is 1. The predicted molar refractivity (Wildman–Crippen MR) is 135 cm³/mol. The second kappa shape index (κ2) is 11.4. The molecule has 0 spiro atoms. The Morgan fingerprint density at radius 3 is 2.60 bits per heavy atom. The number of aryl methyl sites for hydroxylation is 1. The summed E-state index contributed by atoms with van der Waals surface area (Å²) < 4.78 is 12.7. The highest BCUT2D eigenvalue weighted by atomic mass is 32.2. The molecule has 1 fully saturated rings. The van der Waals surface area contributed by atoms with Crippen LogP contribution in [0.1, 0.15) is 31.7 Å². The van der Waals surface area contributed by atoms with Gasteiger partial charge in [-0.1, -0.05) is 41.6 Å². The van der Waals surface area contributed by atoms with Gasteiger partial charge in [0.2, 0.25) is 5.91 Å². The van der Waals surface area contributed by atoms with Crippen LogP contribution in [-0.4, -0.2) is 63.6 Å². The highest BCUT2D eigenvalue weighted by Crippen LogP contribution is 2.33. The number of carbonyl (C=O) groups excluding carboxylic acids is 2. The lowest BCUT2D eigenvalue weighted by Crippen LogP contribution is -2.49. The van der Waals surface area contributed by atoms with E-state index in [1.165, 1.54) is 11.8 Å². The molecule has 35 heavy (non-hydrogen) atoms. The van der Waals surface area contributed by atoms with Gasteiger partial charge in [0, 0.05) is 12.2 Å². The molecular weight excluding hydrogens is 464 g/mol. The lowest BCUT2D eigenvalue weighted by molar-refractivity contribution is -0.155. The molecular formula is C26H30N4O4S. The molecule has 1 aromatic heterocycles. The molecule has 184 valence electrons. The van der Waals surface area contributed by atoms with Crippen molar-refractivity contribution < 1.29 is 19.1 Å². The van der Waals surface area contributed by atoms with E-state index in [1.807, 2.05) is 60.0 Å². The number of likely N-dealkylation sites (tertiary alicyclic amines) is 1. The normalized spacial score (nSPS) is 15.6. The van der Waals surface area contributed by atoms with Crippen LogP contribution in [0.4, 0.5) is 0 Å². The number of ether oxygens (including phenoxy) is 2. The number of aromatic nitrogens is 3. The van der Waals surface area contributed by atoms with Crippen molar-refractivity contribution in [3.8, 4) is 22.8 Å².